The molecular formula is C13H19BrN2O3. The molecule has 0 saturated carbocycles. The van der Waals surface area contributed by atoms with E-state index < -0.39 is 0 Å². The minimum Gasteiger partial charge on any atom is -0.399 e. The molecule has 0 aliphatic heterocycles. The number of carbonyl (C=O) groups excluding carboxylic acids is 1. The van der Waals surface area contributed by atoms with Crippen LogP contribution in [0.2, 0.25) is 0 Å². The third-order valence-electron chi connectivity index (χ3n) is 2.58. The molecule has 106 valence electrons. The minimum absolute atomic E-state index is 0.0814. The Kier molecular flexibility index (Phi) is 6.83. The molecular weight excluding hydrogens is 312 g/mol. The Labute approximate surface area is 121 Å². The zero-order valence-electron chi connectivity index (χ0n) is 11.2. The number of hydrogen-bond donors (Lipinski definition) is 1. The summed E-state index contributed by atoms with van der Waals surface area (Å²) in [5.41, 5.74) is 6.85. The predicted molar refractivity (Wildman–Crippen MR) is 78.2 cm³/mol. The number of amides is 1. The second-order valence-corrected chi connectivity index (χ2v) is 4.97. The van der Waals surface area contributed by atoms with Gasteiger partial charge in [-0.1, -0.05) is 15.9 Å². The van der Waals surface area contributed by atoms with Crippen molar-refractivity contribution in [1.82, 2.24) is 4.90 Å². The van der Waals surface area contributed by atoms with Crippen LogP contribution < -0.4 is 5.73 Å². The number of nitrogens with two attached hydrogens (primary N) is 1. The van der Waals surface area contributed by atoms with Crippen molar-refractivity contribution < 1.29 is 14.3 Å². The lowest BCUT2D eigenvalue weighted by Crippen LogP contribution is -2.36. The molecule has 0 spiro atoms. The van der Waals surface area contributed by atoms with Gasteiger partial charge in [-0.3, -0.25) is 4.79 Å². The summed E-state index contributed by atoms with van der Waals surface area (Å²) in [6.45, 7) is 2.01. The highest BCUT2D eigenvalue weighted by atomic mass is 79.9. The molecule has 0 aliphatic carbocycles. The van der Waals surface area contributed by atoms with E-state index in [1.165, 1.54) is 0 Å². The zero-order chi connectivity index (χ0) is 14.3. The van der Waals surface area contributed by atoms with Gasteiger partial charge in [0.15, 0.2) is 0 Å². The smallest absolute Gasteiger partial charge is 0.254 e. The summed E-state index contributed by atoms with van der Waals surface area (Å²) in [6.07, 6.45) is 0. The van der Waals surface area contributed by atoms with Crippen molar-refractivity contribution in [3.05, 3.63) is 28.2 Å². The monoisotopic (exact) mass is 330 g/mol. The Bertz CT molecular complexity index is 398. The summed E-state index contributed by atoms with van der Waals surface area (Å²) in [4.78, 5) is 14.1. The van der Waals surface area contributed by atoms with Crippen molar-refractivity contribution in [2.45, 2.75) is 0 Å². The highest BCUT2D eigenvalue weighted by Crippen LogP contribution is 2.18. The van der Waals surface area contributed by atoms with E-state index in [-0.39, 0.29) is 5.91 Å². The van der Waals surface area contributed by atoms with E-state index in [0.29, 0.717) is 37.6 Å². The van der Waals surface area contributed by atoms with E-state index in [9.17, 15) is 4.79 Å². The van der Waals surface area contributed by atoms with Crippen LogP contribution in [0.3, 0.4) is 0 Å². The molecule has 6 heteroatoms. The van der Waals surface area contributed by atoms with Crippen LogP contribution in [-0.4, -0.2) is 51.3 Å². The average Bonchev–Trinajstić information content (AvgIpc) is 2.37. The molecule has 0 heterocycles. The number of nitrogen functional groups attached to an aromatic ring is 1. The summed E-state index contributed by atoms with van der Waals surface area (Å²) in [5, 5.41) is 0. The number of benzene rings is 1. The molecule has 0 unspecified atom stereocenters. The summed E-state index contributed by atoms with van der Waals surface area (Å²) in [5.74, 6) is -0.0814. The van der Waals surface area contributed by atoms with E-state index in [0.717, 1.165) is 4.47 Å². The van der Waals surface area contributed by atoms with Crippen molar-refractivity contribution in [3.63, 3.8) is 0 Å². The lowest BCUT2D eigenvalue weighted by atomic mass is 10.1. The van der Waals surface area contributed by atoms with Crippen LogP contribution >= 0.6 is 15.9 Å². The van der Waals surface area contributed by atoms with Crippen LogP contribution in [0.5, 0.6) is 0 Å². The number of nitrogens with zero attached hydrogens (tertiary/aromatic N) is 1. The second-order valence-electron chi connectivity index (χ2n) is 4.05. The summed E-state index contributed by atoms with van der Waals surface area (Å²) in [6, 6.07) is 5.18. The van der Waals surface area contributed by atoms with E-state index in [1.54, 1.807) is 37.3 Å². The molecule has 0 radical (unpaired) electrons. The first-order valence-corrected chi connectivity index (χ1v) is 6.71. The van der Waals surface area contributed by atoms with Crippen molar-refractivity contribution in [1.29, 1.82) is 0 Å². The Hall–Kier alpha value is -1.11. The van der Waals surface area contributed by atoms with Crippen molar-refractivity contribution >= 4 is 27.5 Å². The minimum atomic E-state index is -0.0814. The van der Waals surface area contributed by atoms with Gasteiger partial charge in [-0.2, -0.15) is 0 Å². The maximum Gasteiger partial charge on any atom is 0.254 e. The number of rotatable bonds is 7. The van der Waals surface area contributed by atoms with Gasteiger partial charge in [-0.25, -0.2) is 0 Å². The molecule has 1 amide bonds. The molecule has 0 bridgehead atoms. The third-order valence-corrected chi connectivity index (χ3v) is 3.04. The van der Waals surface area contributed by atoms with E-state index in [2.05, 4.69) is 15.9 Å². The molecule has 1 aromatic carbocycles. The van der Waals surface area contributed by atoms with Gasteiger partial charge in [0.1, 0.15) is 0 Å². The molecule has 0 saturated heterocycles. The second kappa shape index (κ2) is 8.14. The molecule has 2 N–H and O–H groups in total. The number of halogens is 1. The molecule has 1 aromatic rings. The molecule has 0 fully saturated rings. The first-order chi connectivity index (χ1) is 9.08. The lowest BCUT2D eigenvalue weighted by Gasteiger charge is -2.22. The van der Waals surface area contributed by atoms with Crippen LogP contribution in [0, 0.1) is 0 Å². The standard InChI is InChI=1S/C13H19BrN2O3/c1-18-5-3-16(4-6-19-2)13(17)10-7-11(14)9-12(15)8-10/h7-9H,3-6,15H2,1-2H3. The van der Waals surface area contributed by atoms with Gasteiger partial charge in [-0.05, 0) is 18.2 Å². The Balaban J connectivity index is 2.84. The quantitative estimate of drug-likeness (QED) is 0.774. The number of carbonyl (C=O) groups is 1. The molecule has 0 aromatic heterocycles. The van der Waals surface area contributed by atoms with Gasteiger partial charge in [0.2, 0.25) is 0 Å². The molecule has 0 aliphatic rings. The number of hydrogen-bond acceptors (Lipinski definition) is 4. The van der Waals surface area contributed by atoms with Gasteiger partial charge < -0.3 is 20.1 Å². The largest absolute Gasteiger partial charge is 0.399 e. The fourth-order valence-electron chi connectivity index (χ4n) is 1.64. The number of methoxy groups -OCH3 is 2. The first kappa shape index (κ1) is 15.9. The van der Waals surface area contributed by atoms with Crippen LogP contribution in [-0.2, 0) is 9.47 Å². The van der Waals surface area contributed by atoms with Gasteiger partial charge in [0, 0.05) is 43.0 Å². The van der Waals surface area contributed by atoms with E-state index >= 15 is 0 Å². The van der Waals surface area contributed by atoms with E-state index in [1.807, 2.05) is 0 Å². The molecule has 1 rings (SSSR count). The first-order valence-electron chi connectivity index (χ1n) is 5.91. The Morgan fingerprint density at radius 2 is 1.79 bits per heavy atom. The van der Waals surface area contributed by atoms with E-state index in [4.69, 9.17) is 15.2 Å². The molecule has 0 atom stereocenters. The highest BCUT2D eigenvalue weighted by Gasteiger charge is 2.16. The van der Waals surface area contributed by atoms with Crippen LogP contribution in [0.25, 0.3) is 0 Å². The summed E-state index contributed by atoms with van der Waals surface area (Å²) >= 11 is 3.34. The fraction of sp³-hybridized carbons (Fsp3) is 0.462. The third kappa shape index (κ3) is 5.18. The van der Waals surface area contributed by atoms with Crippen molar-refractivity contribution in [2.24, 2.45) is 0 Å². The molecule has 19 heavy (non-hydrogen) atoms. The lowest BCUT2D eigenvalue weighted by molar-refractivity contribution is 0.0627. The van der Waals surface area contributed by atoms with Crippen LogP contribution in [0.4, 0.5) is 5.69 Å². The van der Waals surface area contributed by atoms with Crippen molar-refractivity contribution in [2.75, 3.05) is 46.3 Å². The molecule has 5 nitrogen and oxygen atoms in total. The zero-order valence-corrected chi connectivity index (χ0v) is 12.8. The number of ether oxygens (including phenoxy) is 2. The Morgan fingerprint density at radius 1 is 1.21 bits per heavy atom. The van der Waals surface area contributed by atoms with Crippen molar-refractivity contribution in [3.8, 4) is 0 Å². The van der Waals surface area contributed by atoms with Crippen LogP contribution in [0.15, 0.2) is 22.7 Å². The summed E-state index contributed by atoms with van der Waals surface area (Å²) in [7, 11) is 3.21. The fourth-order valence-corrected chi connectivity index (χ4v) is 2.15. The van der Waals surface area contributed by atoms with Crippen LogP contribution in [0.1, 0.15) is 10.4 Å². The summed E-state index contributed by atoms with van der Waals surface area (Å²) < 4.78 is 10.8. The van der Waals surface area contributed by atoms with Gasteiger partial charge >= 0.3 is 0 Å². The predicted octanol–water partition coefficient (Wildman–Crippen LogP) is 1.77. The average molecular weight is 331 g/mol. The Morgan fingerprint density at radius 3 is 2.26 bits per heavy atom. The van der Waals surface area contributed by atoms with Gasteiger partial charge in [-0.15, -0.1) is 0 Å². The van der Waals surface area contributed by atoms with Gasteiger partial charge in [0.05, 0.1) is 13.2 Å². The topological polar surface area (TPSA) is 64.8 Å². The SMILES string of the molecule is COCCN(CCOC)C(=O)c1cc(N)cc(Br)c1. The maximum atomic E-state index is 12.4. The normalized spacial score (nSPS) is 10.5. The number of anilines is 1. The maximum absolute atomic E-state index is 12.4. The highest BCUT2D eigenvalue weighted by molar-refractivity contribution is 9.10. The van der Waals surface area contributed by atoms with Gasteiger partial charge in [0.25, 0.3) is 5.91 Å².